The van der Waals surface area contributed by atoms with Gasteiger partial charge in [0.2, 0.25) is 0 Å². The van der Waals surface area contributed by atoms with E-state index in [0.29, 0.717) is 0 Å². The van der Waals surface area contributed by atoms with E-state index in [4.69, 9.17) is 19.9 Å². The summed E-state index contributed by atoms with van der Waals surface area (Å²) in [4.78, 5) is 20.1. The van der Waals surface area contributed by atoms with Crippen molar-refractivity contribution in [2.75, 3.05) is 0 Å². The Bertz CT molecular complexity index is 4350. The molecule has 8 aromatic carbocycles. The van der Waals surface area contributed by atoms with Gasteiger partial charge in [0.25, 0.3) is 0 Å². The molecule has 0 fully saturated rings. The first-order valence-corrected chi connectivity index (χ1v) is 26.1. The molecule has 77 heavy (non-hydrogen) atoms. The van der Waals surface area contributed by atoms with Crippen LogP contribution in [-0.4, -0.2) is 38.2 Å². The van der Waals surface area contributed by atoms with Crippen molar-refractivity contribution in [1.82, 2.24) is 38.2 Å². The molecule has 8 nitrogen and oxygen atoms in total. The van der Waals surface area contributed by atoms with Crippen LogP contribution in [0.1, 0.15) is 22.3 Å². The molecule has 1 aliphatic carbocycles. The van der Waals surface area contributed by atoms with Gasteiger partial charge in [-0.1, -0.05) is 121 Å². The fraction of sp³-hybridized carbons (Fsp3) is 0.0145. The summed E-state index contributed by atoms with van der Waals surface area (Å²) in [7, 11) is 0. The maximum atomic E-state index is 5.04. The molecular formula is C69H42N8. The van der Waals surface area contributed by atoms with Gasteiger partial charge in [-0.2, -0.15) is 0 Å². The topological polar surface area (TPSA) is 71.3 Å². The molecule has 0 spiro atoms. The highest BCUT2D eigenvalue weighted by molar-refractivity contribution is 6.10. The maximum Gasteiger partial charge on any atom is 0.0963 e. The molecule has 0 unspecified atom stereocenters. The monoisotopic (exact) mass is 982 g/mol. The number of hydrogen-bond donors (Lipinski definition) is 0. The van der Waals surface area contributed by atoms with Crippen LogP contribution in [0, 0.1) is 0 Å². The van der Waals surface area contributed by atoms with Gasteiger partial charge in [0.1, 0.15) is 0 Å². The predicted molar refractivity (Wildman–Crippen MR) is 312 cm³/mol. The molecule has 0 saturated heterocycles. The SMILES string of the molecule is c1ccc2c(c1)-c1ccccc1C2(c1cc(-n2c3ccccc3c3ncccc32)cc(-n2c3ccccc3c3ncccc32)c1)c1cc(-n2c3ccccc3c3ncccc32)cc(-n2c3ccccc3c3ncccc32)c1. The number of hydrogen-bond acceptors (Lipinski definition) is 4. The Kier molecular flexibility index (Phi) is 8.61. The molecule has 0 bridgehead atoms. The Morgan fingerprint density at radius 3 is 0.818 bits per heavy atom. The zero-order valence-corrected chi connectivity index (χ0v) is 41.3. The van der Waals surface area contributed by atoms with E-state index in [1.807, 2.05) is 49.1 Å². The minimum Gasteiger partial charge on any atom is -0.308 e. The summed E-state index contributed by atoms with van der Waals surface area (Å²) in [5.41, 5.74) is 22.5. The molecule has 358 valence electrons. The highest BCUT2D eigenvalue weighted by atomic mass is 15.0. The first-order chi connectivity index (χ1) is 38.2. The zero-order valence-electron chi connectivity index (χ0n) is 41.3. The minimum absolute atomic E-state index is 0.898. The van der Waals surface area contributed by atoms with Crippen LogP contribution in [0.2, 0.25) is 0 Å². The quantitative estimate of drug-likeness (QED) is 0.166. The van der Waals surface area contributed by atoms with Crippen molar-refractivity contribution in [1.29, 1.82) is 0 Å². The third kappa shape index (κ3) is 5.70. The second-order valence-electron chi connectivity index (χ2n) is 20.2. The summed E-state index contributed by atoms with van der Waals surface area (Å²) in [5.74, 6) is 0. The van der Waals surface area contributed by atoms with Crippen LogP contribution in [0.5, 0.6) is 0 Å². The zero-order chi connectivity index (χ0) is 50.3. The number of nitrogens with zero attached hydrogens (tertiary/aromatic N) is 8. The van der Waals surface area contributed by atoms with Gasteiger partial charge in [0.05, 0.1) is 71.6 Å². The molecule has 8 aromatic heterocycles. The van der Waals surface area contributed by atoms with E-state index < -0.39 is 5.41 Å². The van der Waals surface area contributed by atoms with Gasteiger partial charge in [-0.3, -0.25) is 19.9 Å². The Hall–Kier alpha value is -10.4. The van der Waals surface area contributed by atoms with E-state index >= 15 is 0 Å². The van der Waals surface area contributed by atoms with Crippen LogP contribution >= 0.6 is 0 Å². The van der Waals surface area contributed by atoms with Crippen LogP contribution < -0.4 is 0 Å². The van der Waals surface area contributed by atoms with Crippen molar-refractivity contribution in [3.8, 4) is 33.9 Å². The van der Waals surface area contributed by atoms with Crippen LogP contribution in [0.3, 0.4) is 0 Å². The van der Waals surface area contributed by atoms with E-state index in [-0.39, 0.29) is 0 Å². The molecule has 8 heteroatoms. The van der Waals surface area contributed by atoms with Gasteiger partial charge in [-0.05, 0) is 143 Å². The molecule has 8 heterocycles. The number of fused-ring (bicyclic) bond motifs is 15. The van der Waals surface area contributed by atoms with E-state index in [9.17, 15) is 0 Å². The first-order valence-electron chi connectivity index (χ1n) is 26.1. The third-order valence-electron chi connectivity index (χ3n) is 16.4. The summed E-state index contributed by atoms with van der Waals surface area (Å²) in [6, 6.07) is 84.3. The Morgan fingerprint density at radius 2 is 0.506 bits per heavy atom. The molecule has 0 N–H and O–H groups in total. The lowest BCUT2D eigenvalue weighted by molar-refractivity contribution is 0.763. The summed E-state index contributed by atoms with van der Waals surface area (Å²) >= 11 is 0. The molecule has 0 atom stereocenters. The van der Waals surface area contributed by atoms with Gasteiger partial charge in [-0.25, -0.2) is 0 Å². The van der Waals surface area contributed by atoms with Gasteiger partial charge >= 0.3 is 0 Å². The van der Waals surface area contributed by atoms with Crippen molar-refractivity contribution >= 4 is 87.7 Å². The van der Waals surface area contributed by atoms with Gasteiger partial charge in [-0.15, -0.1) is 0 Å². The highest BCUT2D eigenvalue weighted by Crippen LogP contribution is 2.57. The number of para-hydroxylation sites is 4. The van der Waals surface area contributed by atoms with Gasteiger partial charge in [0, 0.05) is 69.1 Å². The minimum atomic E-state index is -0.898. The Morgan fingerprint density at radius 1 is 0.247 bits per heavy atom. The molecular weight excluding hydrogens is 941 g/mol. The number of rotatable bonds is 6. The average molecular weight is 983 g/mol. The molecule has 16 aromatic rings. The lowest BCUT2D eigenvalue weighted by Crippen LogP contribution is -2.29. The lowest BCUT2D eigenvalue weighted by atomic mass is 9.67. The maximum absolute atomic E-state index is 5.04. The predicted octanol–water partition coefficient (Wildman–Crippen LogP) is 16.0. The summed E-state index contributed by atoms with van der Waals surface area (Å²) in [6.45, 7) is 0. The number of aromatic nitrogens is 8. The molecule has 0 aliphatic heterocycles. The van der Waals surface area contributed by atoms with Crippen LogP contribution in [0.4, 0.5) is 0 Å². The molecule has 0 amide bonds. The van der Waals surface area contributed by atoms with Crippen molar-refractivity contribution in [2.24, 2.45) is 0 Å². The van der Waals surface area contributed by atoms with Crippen LogP contribution in [-0.2, 0) is 5.41 Å². The molecule has 17 rings (SSSR count). The first kappa shape index (κ1) is 42.0. The molecule has 1 aliphatic rings. The van der Waals surface area contributed by atoms with E-state index in [0.717, 1.165) is 122 Å². The smallest absolute Gasteiger partial charge is 0.0963 e. The van der Waals surface area contributed by atoms with E-state index in [2.05, 4.69) is 225 Å². The standard InChI is InChI=1S/C69H42N8/c1-7-23-55-49(17-1)50-18-2-8-24-56(50)69(55,43-37-45(74-57-25-9-3-19-51(57)65-61(74)29-13-33-70-65)41-46(38-43)75-58-26-10-4-20-52(58)66-62(75)30-14-34-71-66)44-39-47(76-59-27-11-5-21-53(59)67-63(76)31-15-35-72-67)42-48(40-44)77-60-28-12-6-22-54(60)68-64(77)32-16-36-73-68/h1-42H. The second kappa shape index (κ2) is 15.8. The Balaban J connectivity index is 1.08. The van der Waals surface area contributed by atoms with Crippen molar-refractivity contribution in [2.45, 2.75) is 5.41 Å². The highest BCUT2D eigenvalue weighted by Gasteiger charge is 2.47. The van der Waals surface area contributed by atoms with Crippen LogP contribution in [0.25, 0.3) is 122 Å². The molecule has 0 saturated carbocycles. The molecule has 0 radical (unpaired) electrons. The second-order valence-corrected chi connectivity index (χ2v) is 20.2. The summed E-state index contributed by atoms with van der Waals surface area (Å²) < 4.78 is 9.65. The number of benzene rings is 8. The fourth-order valence-corrected chi connectivity index (χ4v) is 13.4. The number of pyridine rings is 4. The summed E-state index contributed by atoms with van der Waals surface area (Å²) in [6.07, 6.45) is 7.61. The van der Waals surface area contributed by atoms with Gasteiger partial charge < -0.3 is 18.3 Å². The normalized spacial score (nSPS) is 13.0. The van der Waals surface area contributed by atoms with Crippen molar-refractivity contribution < 1.29 is 0 Å². The third-order valence-corrected chi connectivity index (χ3v) is 16.4. The fourth-order valence-electron chi connectivity index (χ4n) is 13.4. The summed E-state index contributed by atoms with van der Waals surface area (Å²) in [5, 5.41) is 4.39. The lowest BCUT2D eigenvalue weighted by Gasteiger charge is -2.35. The van der Waals surface area contributed by atoms with Gasteiger partial charge in [0.15, 0.2) is 0 Å². The van der Waals surface area contributed by atoms with Crippen molar-refractivity contribution in [3.05, 3.63) is 278 Å². The van der Waals surface area contributed by atoms with Crippen LogP contribution in [0.15, 0.2) is 255 Å². The Labute approximate surface area is 440 Å². The largest absolute Gasteiger partial charge is 0.308 e. The van der Waals surface area contributed by atoms with E-state index in [1.54, 1.807) is 0 Å². The average Bonchev–Trinajstić information content (AvgIpc) is 4.47. The van der Waals surface area contributed by atoms with E-state index in [1.165, 1.54) is 22.3 Å². The van der Waals surface area contributed by atoms with Crippen molar-refractivity contribution in [3.63, 3.8) is 0 Å².